The second kappa shape index (κ2) is 5.17. The van der Waals surface area contributed by atoms with Crippen LogP contribution in [-0.2, 0) is 18.0 Å². The van der Waals surface area contributed by atoms with Gasteiger partial charge in [-0.1, -0.05) is 30.3 Å². The SMILES string of the molecule is NC(c1ccc(OC2CC2)cc1)c1ccc2c(c1)COC2. The average molecular weight is 281 g/mol. The van der Waals surface area contributed by atoms with E-state index in [9.17, 15) is 0 Å². The number of hydrogen-bond acceptors (Lipinski definition) is 3. The van der Waals surface area contributed by atoms with Gasteiger partial charge in [-0.25, -0.2) is 0 Å². The van der Waals surface area contributed by atoms with Crippen molar-refractivity contribution in [1.29, 1.82) is 0 Å². The van der Waals surface area contributed by atoms with Gasteiger partial charge >= 0.3 is 0 Å². The lowest BCUT2D eigenvalue weighted by Gasteiger charge is -2.14. The van der Waals surface area contributed by atoms with Crippen molar-refractivity contribution < 1.29 is 9.47 Å². The van der Waals surface area contributed by atoms with E-state index in [4.69, 9.17) is 15.2 Å². The predicted octanol–water partition coefficient (Wildman–Crippen LogP) is 3.31. The molecule has 1 fully saturated rings. The van der Waals surface area contributed by atoms with Crippen LogP contribution in [0.15, 0.2) is 42.5 Å². The molecule has 3 heteroatoms. The summed E-state index contributed by atoms with van der Waals surface area (Å²) in [6, 6.07) is 14.5. The molecule has 1 atom stereocenters. The van der Waals surface area contributed by atoms with Crippen LogP contribution in [0.25, 0.3) is 0 Å². The number of nitrogens with two attached hydrogens (primary N) is 1. The summed E-state index contributed by atoms with van der Waals surface area (Å²) in [5.41, 5.74) is 11.2. The second-order valence-corrected chi connectivity index (χ2v) is 5.88. The van der Waals surface area contributed by atoms with Crippen LogP contribution in [0.2, 0.25) is 0 Å². The first-order valence-electron chi connectivity index (χ1n) is 7.51. The van der Waals surface area contributed by atoms with Gasteiger partial charge in [-0.05, 0) is 47.2 Å². The minimum absolute atomic E-state index is 0.106. The molecule has 2 aliphatic rings. The zero-order valence-electron chi connectivity index (χ0n) is 11.9. The van der Waals surface area contributed by atoms with Crippen LogP contribution in [0.3, 0.4) is 0 Å². The Morgan fingerprint density at radius 3 is 2.43 bits per heavy atom. The monoisotopic (exact) mass is 281 g/mol. The summed E-state index contributed by atoms with van der Waals surface area (Å²) in [5, 5.41) is 0. The van der Waals surface area contributed by atoms with Crippen molar-refractivity contribution >= 4 is 0 Å². The number of rotatable bonds is 4. The van der Waals surface area contributed by atoms with Crippen LogP contribution in [0.5, 0.6) is 5.75 Å². The Morgan fingerprint density at radius 1 is 0.952 bits per heavy atom. The maximum atomic E-state index is 6.39. The fraction of sp³-hybridized carbons (Fsp3) is 0.333. The molecule has 2 N–H and O–H groups in total. The van der Waals surface area contributed by atoms with Gasteiger partial charge in [0.25, 0.3) is 0 Å². The normalized spacial score (nSPS) is 18.3. The molecule has 1 aliphatic heterocycles. The lowest BCUT2D eigenvalue weighted by molar-refractivity contribution is 0.134. The van der Waals surface area contributed by atoms with Crippen molar-refractivity contribution in [3.8, 4) is 5.75 Å². The minimum atomic E-state index is -0.106. The van der Waals surface area contributed by atoms with E-state index in [-0.39, 0.29) is 6.04 Å². The highest BCUT2D eigenvalue weighted by molar-refractivity contribution is 5.40. The smallest absolute Gasteiger partial charge is 0.119 e. The van der Waals surface area contributed by atoms with E-state index in [1.54, 1.807) is 0 Å². The van der Waals surface area contributed by atoms with Crippen LogP contribution in [0.1, 0.15) is 41.1 Å². The summed E-state index contributed by atoms with van der Waals surface area (Å²) in [4.78, 5) is 0. The van der Waals surface area contributed by atoms with Gasteiger partial charge in [0, 0.05) is 0 Å². The zero-order valence-corrected chi connectivity index (χ0v) is 11.9. The summed E-state index contributed by atoms with van der Waals surface area (Å²) in [5.74, 6) is 0.941. The van der Waals surface area contributed by atoms with Gasteiger partial charge in [0.05, 0.1) is 25.4 Å². The Hall–Kier alpha value is -1.84. The molecule has 1 aliphatic carbocycles. The Kier molecular flexibility index (Phi) is 3.17. The Labute approximate surface area is 124 Å². The Balaban J connectivity index is 1.54. The molecule has 21 heavy (non-hydrogen) atoms. The van der Waals surface area contributed by atoms with Crippen LogP contribution in [0.4, 0.5) is 0 Å². The quantitative estimate of drug-likeness (QED) is 0.935. The highest BCUT2D eigenvalue weighted by Gasteiger charge is 2.23. The van der Waals surface area contributed by atoms with Crippen LogP contribution in [-0.4, -0.2) is 6.10 Å². The Bertz CT molecular complexity index is 647. The average Bonchev–Trinajstić information content (AvgIpc) is 3.21. The number of benzene rings is 2. The van der Waals surface area contributed by atoms with Gasteiger partial charge in [-0.3, -0.25) is 0 Å². The second-order valence-electron chi connectivity index (χ2n) is 5.88. The van der Waals surface area contributed by atoms with Crippen LogP contribution >= 0.6 is 0 Å². The summed E-state index contributed by atoms with van der Waals surface area (Å²) in [7, 11) is 0. The molecule has 0 amide bonds. The fourth-order valence-electron chi connectivity index (χ4n) is 2.71. The summed E-state index contributed by atoms with van der Waals surface area (Å²) in [6.45, 7) is 1.42. The lowest BCUT2D eigenvalue weighted by atomic mass is 9.96. The molecule has 108 valence electrons. The third kappa shape index (κ3) is 2.67. The summed E-state index contributed by atoms with van der Waals surface area (Å²) >= 11 is 0. The molecule has 0 saturated heterocycles. The molecule has 1 heterocycles. The first kappa shape index (κ1) is 12.9. The number of ether oxygens (including phenoxy) is 2. The zero-order chi connectivity index (χ0) is 14.2. The number of fused-ring (bicyclic) bond motifs is 1. The van der Waals surface area contributed by atoms with Gasteiger partial charge in [-0.2, -0.15) is 0 Å². The van der Waals surface area contributed by atoms with Gasteiger partial charge in [0.1, 0.15) is 5.75 Å². The third-order valence-corrected chi connectivity index (χ3v) is 4.17. The van der Waals surface area contributed by atoms with Crippen molar-refractivity contribution in [2.24, 2.45) is 5.73 Å². The van der Waals surface area contributed by atoms with E-state index in [2.05, 4.69) is 30.3 Å². The maximum Gasteiger partial charge on any atom is 0.119 e. The van der Waals surface area contributed by atoms with Crippen molar-refractivity contribution in [3.05, 3.63) is 64.7 Å². The lowest BCUT2D eigenvalue weighted by Crippen LogP contribution is -2.12. The molecule has 0 radical (unpaired) electrons. The molecule has 3 nitrogen and oxygen atoms in total. The topological polar surface area (TPSA) is 44.5 Å². The van der Waals surface area contributed by atoms with E-state index < -0.39 is 0 Å². The van der Waals surface area contributed by atoms with E-state index in [0.29, 0.717) is 12.7 Å². The molecule has 2 aromatic rings. The predicted molar refractivity (Wildman–Crippen MR) is 81.1 cm³/mol. The molecule has 0 spiro atoms. The van der Waals surface area contributed by atoms with E-state index >= 15 is 0 Å². The van der Waals surface area contributed by atoms with Gasteiger partial charge < -0.3 is 15.2 Å². The minimum Gasteiger partial charge on any atom is -0.490 e. The standard InChI is InChI=1S/C18H19NO2/c19-18(13-1-2-14-10-20-11-15(14)9-13)12-3-5-16(6-4-12)21-17-7-8-17/h1-6,9,17-18H,7-8,10-11,19H2. The molecule has 0 aromatic heterocycles. The molecule has 1 unspecified atom stereocenters. The van der Waals surface area contributed by atoms with Crippen molar-refractivity contribution in [2.75, 3.05) is 0 Å². The maximum absolute atomic E-state index is 6.39. The molecular weight excluding hydrogens is 262 g/mol. The van der Waals surface area contributed by atoms with Crippen LogP contribution in [0, 0.1) is 0 Å². The first-order valence-corrected chi connectivity index (χ1v) is 7.51. The van der Waals surface area contributed by atoms with E-state index in [1.807, 2.05) is 12.1 Å². The third-order valence-electron chi connectivity index (χ3n) is 4.17. The highest BCUT2D eigenvalue weighted by atomic mass is 16.5. The molecule has 1 saturated carbocycles. The first-order chi connectivity index (χ1) is 10.3. The molecule has 2 aromatic carbocycles. The van der Waals surface area contributed by atoms with Gasteiger partial charge in [0.15, 0.2) is 0 Å². The van der Waals surface area contributed by atoms with E-state index in [0.717, 1.165) is 23.5 Å². The largest absolute Gasteiger partial charge is 0.490 e. The highest BCUT2D eigenvalue weighted by Crippen LogP contribution is 2.29. The number of hydrogen-bond donors (Lipinski definition) is 1. The van der Waals surface area contributed by atoms with E-state index in [1.165, 1.54) is 24.0 Å². The van der Waals surface area contributed by atoms with Crippen molar-refractivity contribution in [3.63, 3.8) is 0 Å². The molecular formula is C18H19NO2. The Morgan fingerprint density at radius 2 is 1.67 bits per heavy atom. The van der Waals surface area contributed by atoms with Crippen molar-refractivity contribution in [2.45, 2.75) is 38.2 Å². The van der Waals surface area contributed by atoms with Gasteiger partial charge in [-0.15, -0.1) is 0 Å². The molecule has 4 rings (SSSR count). The van der Waals surface area contributed by atoms with Crippen LogP contribution < -0.4 is 10.5 Å². The summed E-state index contributed by atoms with van der Waals surface area (Å²) in [6.07, 6.45) is 2.79. The fourth-order valence-corrected chi connectivity index (χ4v) is 2.71. The molecule has 0 bridgehead atoms. The van der Waals surface area contributed by atoms with Gasteiger partial charge in [0.2, 0.25) is 0 Å². The summed E-state index contributed by atoms with van der Waals surface area (Å²) < 4.78 is 11.2. The van der Waals surface area contributed by atoms with Crippen molar-refractivity contribution in [1.82, 2.24) is 0 Å².